The quantitative estimate of drug-likeness (QED) is 0.503. The molecule has 31 heavy (non-hydrogen) atoms. The van der Waals surface area contributed by atoms with E-state index in [2.05, 4.69) is 10.3 Å². The largest absolute Gasteiger partial charge is 0.399 e. The lowest BCUT2D eigenvalue weighted by Crippen LogP contribution is -2.52. The van der Waals surface area contributed by atoms with Gasteiger partial charge in [0, 0.05) is 42.4 Å². The summed E-state index contributed by atoms with van der Waals surface area (Å²) in [6.07, 6.45) is 2.39. The molecule has 1 fully saturated rings. The van der Waals surface area contributed by atoms with Gasteiger partial charge in [-0.05, 0) is 36.2 Å². The summed E-state index contributed by atoms with van der Waals surface area (Å²) in [5, 5.41) is 2.33. The van der Waals surface area contributed by atoms with Crippen LogP contribution in [0.25, 0.3) is 22.6 Å². The predicted molar refractivity (Wildman–Crippen MR) is 115 cm³/mol. The number of nitrogen functional groups attached to an aromatic ring is 1. The zero-order valence-corrected chi connectivity index (χ0v) is 17.0. The van der Waals surface area contributed by atoms with E-state index in [4.69, 9.17) is 5.73 Å². The van der Waals surface area contributed by atoms with Crippen LogP contribution in [0, 0.1) is 0 Å². The topological polar surface area (TPSA) is 110 Å². The Morgan fingerprint density at radius 1 is 1.10 bits per heavy atom. The fraction of sp³-hybridized carbons (Fsp3) is 0.217. The minimum Gasteiger partial charge on any atom is -0.399 e. The molecule has 2 aliphatic rings. The van der Waals surface area contributed by atoms with E-state index < -0.39 is 11.9 Å². The van der Waals surface area contributed by atoms with Gasteiger partial charge in [0.15, 0.2) is 0 Å². The van der Waals surface area contributed by atoms with E-state index in [1.807, 2.05) is 48.0 Å². The van der Waals surface area contributed by atoms with Gasteiger partial charge in [-0.25, -0.2) is 4.98 Å². The van der Waals surface area contributed by atoms with Crippen LogP contribution in [-0.2, 0) is 23.2 Å². The van der Waals surface area contributed by atoms with Crippen LogP contribution in [0.3, 0.4) is 0 Å². The zero-order valence-electron chi connectivity index (χ0n) is 17.0. The molecule has 1 unspecified atom stereocenters. The molecule has 1 aromatic heterocycles. The van der Waals surface area contributed by atoms with Crippen LogP contribution in [0.4, 0.5) is 5.69 Å². The summed E-state index contributed by atoms with van der Waals surface area (Å²) < 4.78 is 1.99. The third-order valence-corrected chi connectivity index (χ3v) is 5.95. The molecule has 1 saturated heterocycles. The molecular weight excluding hydrogens is 394 g/mol. The number of nitrogens with zero attached hydrogens (tertiary/aromatic N) is 3. The summed E-state index contributed by atoms with van der Waals surface area (Å²) in [7, 11) is 1.94. The van der Waals surface area contributed by atoms with Crippen molar-refractivity contribution in [3.05, 3.63) is 59.8 Å². The number of anilines is 1. The Morgan fingerprint density at radius 3 is 2.71 bits per heavy atom. The number of carbonyl (C=O) groups is 3. The molecule has 3 heterocycles. The van der Waals surface area contributed by atoms with Crippen LogP contribution in [0.5, 0.6) is 0 Å². The first-order valence-corrected chi connectivity index (χ1v) is 10.1. The molecule has 1 atom stereocenters. The number of piperidine rings is 1. The lowest BCUT2D eigenvalue weighted by atomic mass is 10.0. The number of aromatic nitrogens is 2. The Bertz CT molecular complexity index is 1250. The number of imidazole rings is 1. The second-order valence-corrected chi connectivity index (χ2v) is 7.92. The predicted octanol–water partition coefficient (Wildman–Crippen LogP) is 2.10. The molecule has 156 valence electrons. The monoisotopic (exact) mass is 415 g/mol. The molecular formula is C23H21N5O3. The van der Waals surface area contributed by atoms with Crippen LogP contribution in [0.2, 0.25) is 0 Å². The average molecular weight is 415 g/mol. The van der Waals surface area contributed by atoms with Gasteiger partial charge in [0.25, 0.3) is 5.91 Å². The summed E-state index contributed by atoms with van der Waals surface area (Å²) in [4.78, 5) is 42.7. The molecule has 5 rings (SSSR count). The molecule has 0 radical (unpaired) electrons. The molecule has 3 N–H and O–H groups in total. The number of rotatable bonds is 3. The zero-order chi connectivity index (χ0) is 21.7. The van der Waals surface area contributed by atoms with Gasteiger partial charge >= 0.3 is 0 Å². The number of benzene rings is 2. The van der Waals surface area contributed by atoms with Gasteiger partial charge in [0.1, 0.15) is 11.9 Å². The highest BCUT2D eigenvalue weighted by atomic mass is 16.2. The molecule has 0 spiro atoms. The lowest BCUT2D eigenvalue weighted by Gasteiger charge is -2.29. The summed E-state index contributed by atoms with van der Waals surface area (Å²) in [5.74, 6) is -0.115. The van der Waals surface area contributed by atoms with Gasteiger partial charge in [-0.2, -0.15) is 0 Å². The number of imide groups is 1. The van der Waals surface area contributed by atoms with Crippen molar-refractivity contribution >= 4 is 23.4 Å². The minimum atomic E-state index is -0.621. The molecule has 3 aromatic rings. The van der Waals surface area contributed by atoms with Crippen LogP contribution < -0.4 is 11.1 Å². The summed E-state index contributed by atoms with van der Waals surface area (Å²) in [6, 6.07) is 12.6. The van der Waals surface area contributed by atoms with Crippen molar-refractivity contribution in [2.24, 2.45) is 7.05 Å². The Kier molecular flexibility index (Phi) is 4.35. The SMILES string of the molecule is Cn1c(-c2cccc(N)c2)cnc1-c1ccc2c(c1)CN(C1CCC(=O)NC1=O)C2=O. The van der Waals surface area contributed by atoms with Gasteiger partial charge in [0.05, 0.1) is 11.9 Å². The number of hydrogen-bond donors (Lipinski definition) is 2. The summed E-state index contributed by atoms with van der Waals surface area (Å²) in [5.41, 5.74) is 10.8. The number of nitrogens with one attached hydrogen (secondary N) is 1. The maximum atomic E-state index is 12.9. The Balaban J connectivity index is 1.45. The first-order valence-electron chi connectivity index (χ1n) is 10.1. The van der Waals surface area contributed by atoms with E-state index >= 15 is 0 Å². The summed E-state index contributed by atoms with van der Waals surface area (Å²) >= 11 is 0. The maximum absolute atomic E-state index is 12.9. The van der Waals surface area contributed by atoms with Crippen molar-refractivity contribution in [2.45, 2.75) is 25.4 Å². The Hall–Kier alpha value is -3.94. The van der Waals surface area contributed by atoms with E-state index in [0.717, 1.165) is 28.2 Å². The number of fused-ring (bicyclic) bond motifs is 1. The van der Waals surface area contributed by atoms with Gasteiger partial charge in [-0.3, -0.25) is 19.7 Å². The van der Waals surface area contributed by atoms with Gasteiger partial charge in [-0.15, -0.1) is 0 Å². The molecule has 0 aliphatic carbocycles. The van der Waals surface area contributed by atoms with Crippen molar-refractivity contribution in [3.63, 3.8) is 0 Å². The van der Waals surface area contributed by atoms with Crippen molar-refractivity contribution in [1.82, 2.24) is 19.8 Å². The molecule has 8 nitrogen and oxygen atoms in total. The molecule has 2 aliphatic heterocycles. The molecule has 0 saturated carbocycles. The van der Waals surface area contributed by atoms with Crippen LogP contribution >= 0.6 is 0 Å². The fourth-order valence-corrected chi connectivity index (χ4v) is 4.36. The number of hydrogen-bond acceptors (Lipinski definition) is 5. The van der Waals surface area contributed by atoms with E-state index in [0.29, 0.717) is 24.2 Å². The van der Waals surface area contributed by atoms with Crippen molar-refractivity contribution in [3.8, 4) is 22.6 Å². The molecule has 2 aromatic carbocycles. The van der Waals surface area contributed by atoms with Crippen LogP contribution in [-0.4, -0.2) is 38.2 Å². The minimum absolute atomic E-state index is 0.184. The fourth-order valence-electron chi connectivity index (χ4n) is 4.36. The normalized spacial score (nSPS) is 18.3. The van der Waals surface area contributed by atoms with Gasteiger partial charge < -0.3 is 15.2 Å². The van der Waals surface area contributed by atoms with E-state index in [1.54, 1.807) is 17.2 Å². The Morgan fingerprint density at radius 2 is 1.94 bits per heavy atom. The molecule has 0 bridgehead atoms. The highest BCUT2D eigenvalue weighted by molar-refractivity contribution is 6.05. The first kappa shape index (κ1) is 19.0. The maximum Gasteiger partial charge on any atom is 0.255 e. The number of carbonyl (C=O) groups excluding carboxylic acids is 3. The summed E-state index contributed by atoms with van der Waals surface area (Å²) in [6.45, 7) is 0.334. The number of nitrogens with two attached hydrogens (primary N) is 1. The average Bonchev–Trinajstić information content (AvgIpc) is 3.28. The molecule has 8 heteroatoms. The second kappa shape index (κ2) is 7.09. The van der Waals surface area contributed by atoms with Crippen LogP contribution in [0.15, 0.2) is 48.7 Å². The smallest absolute Gasteiger partial charge is 0.255 e. The first-order chi connectivity index (χ1) is 14.9. The Labute approximate surface area is 178 Å². The van der Waals surface area contributed by atoms with Crippen LogP contribution in [0.1, 0.15) is 28.8 Å². The van der Waals surface area contributed by atoms with E-state index in [-0.39, 0.29) is 18.2 Å². The third-order valence-electron chi connectivity index (χ3n) is 5.95. The van der Waals surface area contributed by atoms with E-state index in [9.17, 15) is 14.4 Å². The van der Waals surface area contributed by atoms with Crippen molar-refractivity contribution in [1.29, 1.82) is 0 Å². The van der Waals surface area contributed by atoms with E-state index in [1.165, 1.54) is 0 Å². The third kappa shape index (κ3) is 3.16. The highest BCUT2D eigenvalue weighted by Gasteiger charge is 2.39. The second-order valence-electron chi connectivity index (χ2n) is 7.92. The standard InChI is InChI=1S/C23H21N5O3/c1-27-19(13-3-2-4-16(24)10-13)11-25-21(27)14-5-6-17-15(9-14)12-28(23(17)31)18-7-8-20(29)26-22(18)30/h2-6,9-11,18H,7-8,12,24H2,1H3,(H,26,29,30). The van der Waals surface area contributed by atoms with Crippen molar-refractivity contribution in [2.75, 3.05) is 5.73 Å². The highest BCUT2D eigenvalue weighted by Crippen LogP contribution is 2.32. The lowest BCUT2D eigenvalue weighted by molar-refractivity contribution is -0.136. The molecule has 3 amide bonds. The van der Waals surface area contributed by atoms with Gasteiger partial charge in [-0.1, -0.05) is 18.2 Å². The number of amides is 3. The van der Waals surface area contributed by atoms with Gasteiger partial charge in [0.2, 0.25) is 11.8 Å². The van der Waals surface area contributed by atoms with Crippen molar-refractivity contribution < 1.29 is 14.4 Å².